The second kappa shape index (κ2) is 8.67. The van der Waals surface area contributed by atoms with Crippen molar-refractivity contribution in [2.45, 2.75) is 44.4 Å². The summed E-state index contributed by atoms with van der Waals surface area (Å²) in [6.45, 7) is 4.39. The van der Waals surface area contributed by atoms with Gasteiger partial charge in [-0.25, -0.2) is 0 Å². The molecule has 5 heteroatoms. The molecule has 3 nitrogen and oxygen atoms in total. The van der Waals surface area contributed by atoms with E-state index in [0.29, 0.717) is 0 Å². The summed E-state index contributed by atoms with van der Waals surface area (Å²) in [5, 5.41) is 12.0. The Kier molecular flexibility index (Phi) is 7.59. The Morgan fingerprint density at radius 3 is 2.35 bits per heavy atom. The lowest BCUT2D eigenvalue weighted by molar-refractivity contribution is -0.387. The second-order valence-electron chi connectivity index (χ2n) is 5.15. The molecule has 0 radical (unpaired) electrons. The van der Waals surface area contributed by atoms with Crippen LogP contribution in [0.5, 0.6) is 0 Å². The van der Waals surface area contributed by atoms with Gasteiger partial charge in [0.15, 0.2) is 0 Å². The predicted octanol–water partition coefficient (Wildman–Crippen LogP) is 5.67. The zero-order chi connectivity index (χ0) is 15.0. The molecule has 0 spiro atoms. The predicted molar refractivity (Wildman–Crippen MR) is 89.9 cm³/mol. The highest BCUT2D eigenvalue weighted by Gasteiger charge is 2.28. The number of benzene rings is 1. The molecule has 0 atom stereocenters. The van der Waals surface area contributed by atoms with Gasteiger partial charge in [-0.1, -0.05) is 54.8 Å². The summed E-state index contributed by atoms with van der Waals surface area (Å²) in [7, 11) is 0. The molecule has 0 saturated carbocycles. The zero-order valence-corrected chi connectivity index (χ0v) is 14.5. The van der Waals surface area contributed by atoms with Gasteiger partial charge >= 0.3 is 0 Å². The number of nitro groups is 1. The molecule has 0 fully saturated rings. The van der Waals surface area contributed by atoms with Crippen molar-refractivity contribution in [1.29, 1.82) is 0 Å². The SMILES string of the molecule is CCCC(CBr)(CCC)CSc1ccccc1[N+](=O)[O-]. The van der Waals surface area contributed by atoms with E-state index in [1.807, 2.05) is 12.1 Å². The van der Waals surface area contributed by atoms with Gasteiger partial charge in [0.05, 0.1) is 9.82 Å². The van der Waals surface area contributed by atoms with Gasteiger partial charge in [-0.05, 0) is 24.3 Å². The van der Waals surface area contributed by atoms with Crippen molar-refractivity contribution >= 4 is 33.4 Å². The van der Waals surface area contributed by atoms with Gasteiger partial charge < -0.3 is 0 Å². The van der Waals surface area contributed by atoms with Crippen molar-refractivity contribution in [3.8, 4) is 0 Å². The van der Waals surface area contributed by atoms with Crippen molar-refractivity contribution in [1.82, 2.24) is 0 Å². The molecule has 0 heterocycles. The van der Waals surface area contributed by atoms with Crippen LogP contribution in [0.25, 0.3) is 0 Å². The summed E-state index contributed by atoms with van der Waals surface area (Å²) in [6, 6.07) is 7.01. The maximum atomic E-state index is 11.1. The molecule has 0 aliphatic rings. The van der Waals surface area contributed by atoms with Crippen LogP contribution in [0.1, 0.15) is 39.5 Å². The van der Waals surface area contributed by atoms with Crippen LogP contribution in [0.15, 0.2) is 29.2 Å². The number of thioether (sulfide) groups is 1. The number of nitrogens with zero attached hydrogens (tertiary/aromatic N) is 1. The first-order valence-electron chi connectivity index (χ1n) is 7.00. The minimum Gasteiger partial charge on any atom is -0.258 e. The summed E-state index contributed by atoms with van der Waals surface area (Å²) in [6.07, 6.45) is 4.59. The molecule has 20 heavy (non-hydrogen) atoms. The summed E-state index contributed by atoms with van der Waals surface area (Å²) in [5.74, 6) is 0.921. The zero-order valence-electron chi connectivity index (χ0n) is 12.1. The van der Waals surface area contributed by atoms with Crippen molar-refractivity contribution in [3.05, 3.63) is 34.4 Å². The highest BCUT2D eigenvalue weighted by molar-refractivity contribution is 9.09. The maximum absolute atomic E-state index is 11.1. The van der Waals surface area contributed by atoms with E-state index >= 15 is 0 Å². The molecule has 1 rings (SSSR count). The Bertz CT molecular complexity index is 434. The van der Waals surface area contributed by atoms with E-state index in [2.05, 4.69) is 29.8 Å². The van der Waals surface area contributed by atoms with E-state index in [1.165, 1.54) is 0 Å². The molecule has 0 aromatic heterocycles. The molecule has 0 unspecified atom stereocenters. The van der Waals surface area contributed by atoms with Crippen molar-refractivity contribution in [2.75, 3.05) is 11.1 Å². The van der Waals surface area contributed by atoms with Crippen LogP contribution < -0.4 is 0 Å². The molecular formula is C15H22BrNO2S. The molecule has 0 bridgehead atoms. The highest BCUT2D eigenvalue weighted by Crippen LogP contribution is 2.40. The lowest BCUT2D eigenvalue weighted by Gasteiger charge is -2.31. The quantitative estimate of drug-likeness (QED) is 0.247. The Balaban J connectivity index is 2.84. The molecule has 1 aromatic carbocycles. The third kappa shape index (κ3) is 4.77. The standard InChI is InChI=1S/C15H22BrNO2S/c1-3-9-15(11-16,10-4-2)12-20-14-8-6-5-7-13(14)17(18)19/h5-8H,3-4,9-12H2,1-2H3. The smallest absolute Gasteiger partial charge is 0.258 e. The average molecular weight is 360 g/mol. The number of hydrogen-bond donors (Lipinski definition) is 0. The Morgan fingerprint density at radius 2 is 1.85 bits per heavy atom. The van der Waals surface area contributed by atoms with Gasteiger partial charge in [-0.3, -0.25) is 10.1 Å². The van der Waals surface area contributed by atoms with Crippen molar-refractivity contribution < 1.29 is 4.92 Å². The first-order chi connectivity index (χ1) is 9.58. The van der Waals surface area contributed by atoms with Crippen LogP contribution in [0.2, 0.25) is 0 Å². The minimum atomic E-state index is -0.294. The molecule has 0 aliphatic heterocycles. The van der Waals surface area contributed by atoms with Gasteiger partial charge in [-0.2, -0.15) is 0 Å². The molecule has 0 aliphatic carbocycles. The van der Waals surface area contributed by atoms with Crippen LogP contribution in [0, 0.1) is 15.5 Å². The lowest BCUT2D eigenvalue weighted by atomic mass is 9.83. The van der Waals surface area contributed by atoms with E-state index in [4.69, 9.17) is 0 Å². The number of rotatable bonds is 9. The summed E-state index contributed by atoms with van der Waals surface area (Å²) in [5.41, 5.74) is 0.451. The Morgan fingerprint density at radius 1 is 1.25 bits per heavy atom. The van der Waals surface area contributed by atoms with Crippen LogP contribution in [-0.2, 0) is 0 Å². The molecule has 1 aromatic rings. The first-order valence-corrected chi connectivity index (χ1v) is 9.11. The fourth-order valence-corrected chi connectivity index (χ4v) is 4.80. The largest absolute Gasteiger partial charge is 0.282 e. The van der Waals surface area contributed by atoms with Gasteiger partial charge in [0.1, 0.15) is 0 Å². The fourth-order valence-electron chi connectivity index (χ4n) is 2.46. The van der Waals surface area contributed by atoms with Gasteiger partial charge in [0, 0.05) is 17.1 Å². The third-order valence-corrected chi connectivity index (χ3v) is 6.04. The molecule has 112 valence electrons. The highest BCUT2D eigenvalue weighted by atomic mass is 79.9. The van der Waals surface area contributed by atoms with E-state index < -0.39 is 0 Å². The van der Waals surface area contributed by atoms with E-state index in [9.17, 15) is 10.1 Å². The summed E-state index contributed by atoms with van der Waals surface area (Å²) < 4.78 is 0. The number of halogens is 1. The van der Waals surface area contributed by atoms with Crippen molar-refractivity contribution in [3.63, 3.8) is 0 Å². The average Bonchev–Trinajstić information content (AvgIpc) is 2.45. The Hall–Kier alpha value is -0.550. The van der Waals surface area contributed by atoms with Crippen LogP contribution >= 0.6 is 27.7 Å². The number of para-hydroxylation sites is 1. The lowest BCUT2D eigenvalue weighted by Crippen LogP contribution is -2.25. The molecule has 0 N–H and O–H groups in total. The Labute approximate surface area is 133 Å². The number of hydrogen-bond acceptors (Lipinski definition) is 3. The van der Waals surface area contributed by atoms with Crippen LogP contribution in [0.4, 0.5) is 5.69 Å². The molecule has 0 amide bonds. The first kappa shape index (κ1) is 17.5. The van der Waals surface area contributed by atoms with Crippen molar-refractivity contribution in [2.24, 2.45) is 5.41 Å². The van der Waals surface area contributed by atoms with Gasteiger partial charge in [0.25, 0.3) is 5.69 Å². The topological polar surface area (TPSA) is 43.1 Å². The molecule has 0 saturated heterocycles. The minimum absolute atomic E-state index is 0.217. The second-order valence-corrected chi connectivity index (χ2v) is 6.73. The summed E-state index contributed by atoms with van der Waals surface area (Å²) >= 11 is 5.26. The fraction of sp³-hybridized carbons (Fsp3) is 0.600. The normalized spacial score (nSPS) is 11.6. The van der Waals surface area contributed by atoms with Gasteiger partial charge in [-0.15, -0.1) is 11.8 Å². The maximum Gasteiger partial charge on any atom is 0.282 e. The van der Waals surface area contributed by atoms with Crippen LogP contribution in [0.3, 0.4) is 0 Å². The van der Waals surface area contributed by atoms with Gasteiger partial charge in [0.2, 0.25) is 0 Å². The number of alkyl halides is 1. The number of nitro benzene ring substituents is 1. The van der Waals surface area contributed by atoms with E-state index in [-0.39, 0.29) is 16.0 Å². The summed E-state index contributed by atoms with van der Waals surface area (Å²) in [4.78, 5) is 11.5. The molecular weight excluding hydrogens is 338 g/mol. The third-order valence-electron chi connectivity index (χ3n) is 3.44. The monoisotopic (exact) mass is 359 g/mol. The van der Waals surface area contributed by atoms with E-state index in [0.717, 1.165) is 41.7 Å². The van der Waals surface area contributed by atoms with Crippen LogP contribution in [-0.4, -0.2) is 16.0 Å². The van der Waals surface area contributed by atoms with E-state index in [1.54, 1.807) is 23.9 Å².